The maximum atomic E-state index is 11.8. The van der Waals surface area contributed by atoms with Crippen LogP contribution < -0.4 is 5.32 Å². The Labute approximate surface area is 148 Å². The fourth-order valence-corrected chi connectivity index (χ4v) is 2.87. The molecule has 24 heavy (non-hydrogen) atoms. The average Bonchev–Trinajstić information content (AvgIpc) is 3.03. The van der Waals surface area contributed by atoms with Gasteiger partial charge in [-0.15, -0.1) is 11.3 Å². The Morgan fingerprint density at radius 1 is 1.04 bits per heavy atom. The molecule has 0 bridgehead atoms. The zero-order valence-corrected chi connectivity index (χ0v) is 14.4. The lowest BCUT2D eigenvalue weighted by Gasteiger charge is -2.06. The highest BCUT2D eigenvalue weighted by Crippen LogP contribution is 2.22. The van der Waals surface area contributed by atoms with E-state index in [-0.39, 0.29) is 37.7 Å². The van der Waals surface area contributed by atoms with Gasteiger partial charge in [-0.25, -0.2) is 0 Å². The van der Waals surface area contributed by atoms with Crippen molar-refractivity contribution in [1.82, 2.24) is 5.32 Å². The van der Waals surface area contributed by atoms with E-state index in [2.05, 4.69) is 5.32 Å². The lowest BCUT2D eigenvalue weighted by Crippen LogP contribution is -2.30. The number of thiophene rings is 1. The minimum Gasteiger partial charge on any atom is -0.460 e. The van der Waals surface area contributed by atoms with Crippen molar-refractivity contribution in [2.45, 2.75) is 19.4 Å². The SMILES string of the molecule is O=C(CCC(=O)c1ccc(Cl)s1)NCC(=O)OCc1ccccc1. The molecule has 0 saturated heterocycles. The molecule has 0 aliphatic rings. The van der Waals surface area contributed by atoms with Crippen LogP contribution in [0.15, 0.2) is 42.5 Å². The van der Waals surface area contributed by atoms with E-state index >= 15 is 0 Å². The minimum atomic E-state index is -0.524. The van der Waals surface area contributed by atoms with Crippen molar-refractivity contribution in [2.24, 2.45) is 0 Å². The number of benzene rings is 1. The van der Waals surface area contributed by atoms with Gasteiger partial charge in [0.25, 0.3) is 0 Å². The molecular formula is C17H16ClNO4S. The third-order valence-electron chi connectivity index (χ3n) is 3.10. The Kier molecular flexibility index (Phi) is 6.96. The summed E-state index contributed by atoms with van der Waals surface area (Å²) in [7, 11) is 0. The first-order valence-corrected chi connectivity index (χ1v) is 8.49. The van der Waals surface area contributed by atoms with Gasteiger partial charge < -0.3 is 10.1 Å². The molecule has 126 valence electrons. The highest BCUT2D eigenvalue weighted by atomic mass is 35.5. The quantitative estimate of drug-likeness (QED) is 0.576. The van der Waals surface area contributed by atoms with Gasteiger partial charge in [-0.3, -0.25) is 14.4 Å². The maximum absolute atomic E-state index is 11.8. The van der Waals surface area contributed by atoms with E-state index in [1.54, 1.807) is 12.1 Å². The molecule has 2 aromatic rings. The van der Waals surface area contributed by atoms with Crippen LogP contribution in [0.4, 0.5) is 0 Å². The van der Waals surface area contributed by atoms with E-state index in [9.17, 15) is 14.4 Å². The number of carbonyl (C=O) groups excluding carboxylic acids is 3. The van der Waals surface area contributed by atoms with Crippen LogP contribution in [0.25, 0.3) is 0 Å². The molecule has 1 N–H and O–H groups in total. The zero-order chi connectivity index (χ0) is 17.4. The van der Waals surface area contributed by atoms with Crippen molar-refractivity contribution >= 4 is 40.6 Å². The number of halogens is 1. The van der Waals surface area contributed by atoms with Gasteiger partial charge in [0.2, 0.25) is 5.91 Å². The van der Waals surface area contributed by atoms with Crippen molar-refractivity contribution in [1.29, 1.82) is 0 Å². The number of rotatable bonds is 8. The van der Waals surface area contributed by atoms with E-state index in [0.717, 1.165) is 5.56 Å². The number of ether oxygens (including phenoxy) is 1. The Bertz CT molecular complexity index is 714. The number of carbonyl (C=O) groups is 3. The fraction of sp³-hybridized carbons (Fsp3) is 0.235. The molecule has 1 heterocycles. The minimum absolute atomic E-state index is 0.0142. The topological polar surface area (TPSA) is 72.5 Å². The monoisotopic (exact) mass is 365 g/mol. The molecule has 1 aromatic carbocycles. The first kappa shape index (κ1) is 18.2. The molecule has 1 amide bonds. The summed E-state index contributed by atoms with van der Waals surface area (Å²) in [6, 6.07) is 12.5. The van der Waals surface area contributed by atoms with Gasteiger partial charge >= 0.3 is 5.97 Å². The summed E-state index contributed by atoms with van der Waals surface area (Å²) in [6.07, 6.45) is 0.0854. The summed E-state index contributed by atoms with van der Waals surface area (Å²) >= 11 is 6.94. The number of Topliss-reactive ketones (excluding diaryl/α,β-unsaturated/α-hetero) is 1. The number of ketones is 1. The summed E-state index contributed by atoms with van der Waals surface area (Å²) in [5.41, 5.74) is 0.873. The molecule has 0 aliphatic heterocycles. The van der Waals surface area contributed by atoms with E-state index in [1.807, 2.05) is 30.3 Å². The Morgan fingerprint density at radius 2 is 1.79 bits per heavy atom. The van der Waals surface area contributed by atoms with E-state index < -0.39 is 5.97 Å². The summed E-state index contributed by atoms with van der Waals surface area (Å²) in [5, 5.41) is 2.44. The van der Waals surface area contributed by atoms with Crippen molar-refractivity contribution in [3.05, 3.63) is 57.2 Å². The van der Waals surface area contributed by atoms with Gasteiger partial charge in [-0.1, -0.05) is 41.9 Å². The number of hydrogen-bond acceptors (Lipinski definition) is 5. The number of nitrogens with one attached hydrogen (secondary N) is 1. The molecule has 0 atom stereocenters. The van der Waals surface area contributed by atoms with Crippen LogP contribution in [0, 0.1) is 0 Å². The highest BCUT2D eigenvalue weighted by Gasteiger charge is 2.12. The summed E-state index contributed by atoms with van der Waals surface area (Å²) in [6.45, 7) is -0.0577. The molecule has 0 aliphatic carbocycles. The van der Waals surface area contributed by atoms with Gasteiger partial charge in [0.05, 0.1) is 9.21 Å². The molecule has 7 heteroatoms. The lowest BCUT2D eigenvalue weighted by molar-refractivity contribution is -0.145. The number of hydrogen-bond donors (Lipinski definition) is 1. The van der Waals surface area contributed by atoms with Gasteiger partial charge in [-0.05, 0) is 17.7 Å². The van der Waals surface area contributed by atoms with E-state index in [4.69, 9.17) is 16.3 Å². The second-order valence-electron chi connectivity index (χ2n) is 4.95. The van der Waals surface area contributed by atoms with Crippen LogP contribution >= 0.6 is 22.9 Å². The normalized spacial score (nSPS) is 10.2. The second-order valence-corrected chi connectivity index (χ2v) is 6.67. The fourth-order valence-electron chi connectivity index (χ4n) is 1.86. The number of amides is 1. The second kappa shape index (κ2) is 9.20. The van der Waals surface area contributed by atoms with Crippen molar-refractivity contribution in [3.8, 4) is 0 Å². The molecule has 1 aromatic heterocycles. The summed E-state index contributed by atoms with van der Waals surface area (Å²) in [4.78, 5) is 35.6. The molecule has 0 radical (unpaired) electrons. The maximum Gasteiger partial charge on any atom is 0.325 e. The average molecular weight is 366 g/mol. The number of esters is 1. The molecular weight excluding hydrogens is 350 g/mol. The molecule has 0 fully saturated rings. The predicted octanol–water partition coefficient (Wildman–Crippen LogP) is 3.22. The third kappa shape index (κ3) is 6.14. The van der Waals surface area contributed by atoms with Crippen molar-refractivity contribution in [3.63, 3.8) is 0 Å². The van der Waals surface area contributed by atoms with Gasteiger partial charge in [0.15, 0.2) is 5.78 Å². The Morgan fingerprint density at radius 3 is 2.46 bits per heavy atom. The van der Waals surface area contributed by atoms with Crippen LogP contribution in [0.5, 0.6) is 0 Å². The standard InChI is InChI=1S/C17H16ClNO4S/c18-15-8-7-14(24-15)13(20)6-9-16(21)19-10-17(22)23-11-12-4-2-1-3-5-12/h1-5,7-8H,6,9-11H2,(H,19,21). The first-order valence-electron chi connectivity index (χ1n) is 7.29. The van der Waals surface area contributed by atoms with Gasteiger partial charge in [0.1, 0.15) is 13.2 Å². The predicted molar refractivity (Wildman–Crippen MR) is 92.1 cm³/mol. The van der Waals surface area contributed by atoms with Gasteiger partial charge in [0, 0.05) is 12.8 Å². The molecule has 0 spiro atoms. The smallest absolute Gasteiger partial charge is 0.325 e. The Balaban J connectivity index is 1.63. The molecule has 0 saturated carbocycles. The lowest BCUT2D eigenvalue weighted by atomic mass is 10.2. The van der Waals surface area contributed by atoms with Crippen LogP contribution in [0.2, 0.25) is 4.34 Å². The van der Waals surface area contributed by atoms with Crippen LogP contribution in [-0.4, -0.2) is 24.2 Å². The largest absolute Gasteiger partial charge is 0.460 e. The van der Waals surface area contributed by atoms with Crippen LogP contribution in [0.1, 0.15) is 28.1 Å². The molecule has 2 rings (SSSR count). The van der Waals surface area contributed by atoms with Crippen LogP contribution in [-0.2, 0) is 20.9 Å². The van der Waals surface area contributed by atoms with Crippen molar-refractivity contribution < 1.29 is 19.1 Å². The zero-order valence-electron chi connectivity index (χ0n) is 12.8. The summed E-state index contributed by atoms with van der Waals surface area (Å²) in [5.74, 6) is -1.04. The first-order chi connectivity index (χ1) is 11.5. The highest BCUT2D eigenvalue weighted by molar-refractivity contribution is 7.18. The third-order valence-corrected chi connectivity index (χ3v) is 4.37. The summed E-state index contributed by atoms with van der Waals surface area (Å²) < 4.78 is 5.57. The van der Waals surface area contributed by atoms with E-state index in [0.29, 0.717) is 9.21 Å². The Hall–Kier alpha value is -2.18. The molecule has 5 nitrogen and oxygen atoms in total. The van der Waals surface area contributed by atoms with E-state index in [1.165, 1.54) is 11.3 Å². The van der Waals surface area contributed by atoms with Crippen LogP contribution in [0.3, 0.4) is 0 Å². The van der Waals surface area contributed by atoms with Crippen molar-refractivity contribution in [2.75, 3.05) is 6.54 Å². The van der Waals surface area contributed by atoms with Gasteiger partial charge in [-0.2, -0.15) is 0 Å². The molecule has 0 unspecified atom stereocenters.